The van der Waals surface area contributed by atoms with Gasteiger partial charge in [-0.3, -0.25) is 4.98 Å². The lowest BCUT2D eigenvalue weighted by molar-refractivity contribution is 0.595. The Morgan fingerprint density at radius 1 is 1.10 bits per heavy atom. The van der Waals surface area contributed by atoms with Gasteiger partial charge in [0.1, 0.15) is 0 Å². The third kappa shape index (κ3) is 3.45. The maximum Gasteiger partial charge on any atom is 0.0580 e. The Balaban J connectivity index is 2.41. The van der Waals surface area contributed by atoms with E-state index in [0.717, 1.165) is 18.7 Å². The molecule has 2 heteroatoms. The van der Waals surface area contributed by atoms with Gasteiger partial charge in [0.2, 0.25) is 0 Å². The SMILES string of the molecule is CCCNC(c1ccnc(C)c1)c1ccc(C)cc1C. The molecule has 20 heavy (non-hydrogen) atoms. The lowest BCUT2D eigenvalue weighted by atomic mass is 9.94. The van der Waals surface area contributed by atoms with Gasteiger partial charge in [0.25, 0.3) is 0 Å². The quantitative estimate of drug-likeness (QED) is 0.883. The molecule has 0 aliphatic rings. The molecule has 2 aromatic rings. The van der Waals surface area contributed by atoms with Crippen molar-refractivity contribution >= 4 is 0 Å². The van der Waals surface area contributed by atoms with Gasteiger partial charge < -0.3 is 5.32 Å². The molecule has 0 radical (unpaired) electrons. The predicted octanol–water partition coefficient (Wildman–Crippen LogP) is 4.10. The van der Waals surface area contributed by atoms with Crippen LogP contribution in [0, 0.1) is 20.8 Å². The van der Waals surface area contributed by atoms with Crippen molar-refractivity contribution in [2.24, 2.45) is 0 Å². The average molecular weight is 268 g/mol. The van der Waals surface area contributed by atoms with Crippen LogP contribution in [0.4, 0.5) is 0 Å². The minimum atomic E-state index is 0.247. The fourth-order valence-corrected chi connectivity index (χ4v) is 2.59. The van der Waals surface area contributed by atoms with Gasteiger partial charge in [-0.05, 0) is 62.6 Å². The summed E-state index contributed by atoms with van der Waals surface area (Å²) in [6, 6.07) is 11.2. The van der Waals surface area contributed by atoms with E-state index in [1.165, 1.54) is 22.3 Å². The fourth-order valence-electron chi connectivity index (χ4n) is 2.59. The molecule has 0 spiro atoms. The Bertz CT molecular complexity index is 575. The second kappa shape index (κ2) is 6.67. The van der Waals surface area contributed by atoms with Crippen LogP contribution in [0.1, 0.15) is 47.3 Å². The van der Waals surface area contributed by atoms with Crippen LogP contribution in [0.25, 0.3) is 0 Å². The fraction of sp³-hybridized carbons (Fsp3) is 0.389. The summed E-state index contributed by atoms with van der Waals surface area (Å²) < 4.78 is 0. The normalized spacial score (nSPS) is 12.4. The Kier molecular flexibility index (Phi) is 4.91. The number of aryl methyl sites for hydroxylation is 3. The molecule has 106 valence electrons. The van der Waals surface area contributed by atoms with Crippen molar-refractivity contribution in [2.75, 3.05) is 6.54 Å². The van der Waals surface area contributed by atoms with Gasteiger partial charge in [0, 0.05) is 11.9 Å². The molecule has 0 fully saturated rings. The molecule has 0 saturated heterocycles. The standard InChI is InChI=1S/C18H24N2/c1-5-9-20-18(16-8-10-19-15(4)12-16)17-7-6-13(2)11-14(17)3/h6-8,10-12,18,20H,5,9H2,1-4H3. The van der Waals surface area contributed by atoms with Crippen molar-refractivity contribution in [3.63, 3.8) is 0 Å². The summed E-state index contributed by atoms with van der Waals surface area (Å²) in [5, 5.41) is 3.66. The highest BCUT2D eigenvalue weighted by atomic mass is 14.9. The number of hydrogen-bond donors (Lipinski definition) is 1. The van der Waals surface area contributed by atoms with E-state index in [4.69, 9.17) is 0 Å². The van der Waals surface area contributed by atoms with Crippen LogP contribution >= 0.6 is 0 Å². The van der Waals surface area contributed by atoms with Gasteiger partial charge in [0.15, 0.2) is 0 Å². The molecule has 1 aromatic heterocycles. The number of benzene rings is 1. The van der Waals surface area contributed by atoms with Gasteiger partial charge in [-0.2, -0.15) is 0 Å². The minimum Gasteiger partial charge on any atom is -0.306 e. The zero-order valence-electron chi connectivity index (χ0n) is 12.9. The monoisotopic (exact) mass is 268 g/mol. The van der Waals surface area contributed by atoms with Gasteiger partial charge in [-0.25, -0.2) is 0 Å². The lowest BCUT2D eigenvalue weighted by Crippen LogP contribution is -2.24. The zero-order chi connectivity index (χ0) is 14.5. The van der Waals surface area contributed by atoms with E-state index in [9.17, 15) is 0 Å². The van der Waals surface area contributed by atoms with Gasteiger partial charge in [-0.15, -0.1) is 0 Å². The maximum absolute atomic E-state index is 4.30. The molecule has 1 N–H and O–H groups in total. The first-order chi connectivity index (χ1) is 9.61. The van der Waals surface area contributed by atoms with Crippen LogP contribution in [0.2, 0.25) is 0 Å². The second-order valence-corrected chi connectivity index (χ2v) is 5.48. The molecule has 0 aliphatic carbocycles. The van der Waals surface area contributed by atoms with E-state index in [-0.39, 0.29) is 6.04 Å². The highest BCUT2D eigenvalue weighted by Crippen LogP contribution is 2.25. The molecule has 1 unspecified atom stereocenters. The van der Waals surface area contributed by atoms with E-state index in [0.29, 0.717) is 0 Å². The predicted molar refractivity (Wildman–Crippen MR) is 85.0 cm³/mol. The van der Waals surface area contributed by atoms with Crippen molar-refractivity contribution in [2.45, 2.75) is 40.2 Å². The Morgan fingerprint density at radius 2 is 1.90 bits per heavy atom. The minimum absolute atomic E-state index is 0.247. The first-order valence-electron chi connectivity index (χ1n) is 7.35. The molecular formula is C18H24N2. The lowest BCUT2D eigenvalue weighted by Gasteiger charge is -2.22. The Morgan fingerprint density at radius 3 is 2.55 bits per heavy atom. The van der Waals surface area contributed by atoms with Crippen LogP contribution in [-0.2, 0) is 0 Å². The third-order valence-electron chi connectivity index (χ3n) is 3.59. The molecule has 0 aliphatic heterocycles. The molecule has 2 rings (SSSR count). The van der Waals surface area contributed by atoms with E-state index >= 15 is 0 Å². The Labute approximate surface area is 122 Å². The van der Waals surface area contributed by atoms with Crippen LogP contribution in [0.15, 0.2) is 36.5 Å². The van der Waals surface area contributed by atoms with Crippen molar-refractivity contribution in [1.82, 2.24) is 10.3 Å². The number of rotatable bonds is 5. The summed E-state index contributed by atoms with van der Waals surface area (Å²) in [5.74, 6) is 0. The van der Waals surface area contributed by atoms with E-state index < -0.39 is 0 Å². The van der Waals surface area contributed by atoms with E-state index in [1.807, 2.05) is 13.1 Å². The first-order valence-corrected chi connectivity index (χ1v) is 7.35. The molecule has 0 bridgehead atoms. The average Bonchev–Trinajstić information content (AvgIpc) is 2.41. The Hall–Kier alpha value is -1.67. The summed E-state index contributed by atoms with van der Waals surface area (Å²) >= 11 is 0. The number of hydrogen-bond acceptors (Lipinski definition) is 2. The molecule has 2 nitrogen and oxygen atoms in total. The first kappa shape index (κ1) is 14.7. The largest absolute Gasteiger partial charge is 0.306 e. The van der Waals surface area contributed by atoms with Crippen molar-refractivity contribution < 1.29 is 0 Å². The number of nitrogens with zero attached hydrogens (tertiary/aromatic N) is 1. The molecule has 1 heterocycles. The summed E-state index contributed by atoms with van der Waals surface area (Å²) in [6.45, 7) is 9.59. The molecule has 0 saturated carbocycles. The smallest absolute Gasteiger partial charge is 0.0580 e. The van der Waals surface area contributed by atoms with Crippen molar-refractivity contribution in [1.29, 1.82) is 0 Å². The molecular weight excluding hydrogens is 244 g/mol. The maximum atomic E-state index is 4.30. The summed E-state index contributed by atoms with van der Waals surface area (Å²) in [7, 11) is 0. The second-order valence-electron chi connectivity index (χ2n) is 5.48. The highest BCUT2D eigenvalue weighted by molar-refractivity contribution is 5.39. The summed E-state index contributed by atoms with van der Waals surface area (Å²) in [4.78, 5) is 4.30. The van der Waals surface area contributed by atoms with Crippen LogP contribution in [-0.4, -0.2) is 11.5 Å². The van der Waals surface area contributed by atoms with E-state index in [2.05, 4.69) is 61.4 Å². The number of pyridine rings is 1. The number of aromatic nitrogens is 1. The van der Waals surface area contributed by atoms with Gasteiger partial charge in [-0.1, -0.05) is 30.7 Å². The van der Waals surface area contributed by atoms with Gasteiger partial charge >= 0.3 is 0 Å². The van der Waals surface area contributed by atoms with Crippen LogP contribution in [0.3, 0.4) is 0 Å². The van der Waals surface area contributed by atoms with Crippen LogP contribution in [0.5, 0.6) is 0 Å². The summed E-state index contributed by atoms with van der Waals surface area (Å²) in [6.07, 6.45) is 3.03. The van der Waals surface area contributed by atoms with E-state index in [1.54, 1.807) is 0 Å². The molecule has 1 aromatic carbocycles. The topological polar surface area (TPSA) is 24.9 Å². The third-order valence-corrected chi connectivity index (χ3v) is 3.59. The van der Waals surface area contributed by atoms with Crippen molar-refractivity contribution in [3.8, 4) is 0 Å². The highest BCUT2D eigenvalue weighted by Gasteiger charge is 2.15. The summed E-state index contributed by atoms with van der Waals surface area (Å²) in [5.41, 5.74) is 6.36. The van der Waals surface area contributed by atoms with Crippen LogP contribution < -0.4 is 5.32 Å². The molecule has 1 atom stereocenters. The molecule has 0 amide bonds. The van der Waals surface area contributed by atoms with Crippen molar-refractivity contribution in [3.05, 3.63) is 64.5 Å². The number of nitrogens with one attached hydrogen (secondary N) is 1. The van der Waals surface area contributed by atoms with Gasteiger partial charge in [0.05, 0.1) is 6.04 Å². The zero-order valence-corrected chi connectivity index (χ0v) is 12.9.